The summed E-state index contributed by atoms with van der Waals surface area (Å²) in [5, 5.41) is 13.6. The molecule has 9 heteroatoms. The van der Waals surface area contributed by atoms with Gasteiger partial charge in [-0.2, -0.15) is 0 Å². The van der Waals surface area contributed by atoms with Crippen LogP contribution in [0.15, 0.2) is 59.4 Å². The molecule has 1 aliphatic heterocycles. The molecule has 2 aromatic carbocycles. The Bertz CT molecular complexity index is 1410. The number of piperidine rings is 1. The lowest BCUT2D eigenvalue weighted by molar-refractivity contribution is -0.149. The number of hydrogen-bond acceptors (Lipinski definition) is 7. The molecule has 4 aromatic rings. The first-order chi connectivity index (χ1) is 17.5. The molecule has 186 valence electrons. The zero-order valence-electron chi connectivity index (χ0n) is 20.6. The third-order valence-corrected chi connectivity index (χ3v) is 6.91. The fourth-order valence-corrected chi connectivity index (χ4v) is 5.03. The first-order valence-corrected chi connectivity index (χ1v) is 12.4. The Morgan fingerprint density at radius 1 is 1.14 bits per heavy atom. The fourth-order valence-electron chi connectivity index (χ4n) is 5.03. The SMILES string of the molecule is CCOC(=O)C1CCN([C@@H](c2cc3cccc(C)c3[nH]c2=O)c2nnnn2Cc2ccccc2)CC1. The van der Waals surface area contributed by atoms with Crippen molar-refractivity contribution in [3.05, 3.63) is 87.5 Å². The van der Waals surface area contributed by atoms with Crippen molar-refractivity contribution >= 4 is 16.9 Å². The van der Waals surface area contributed by atoms with Crippen LogP contribution in [-0.2, 0) is 16.1 Å². The van der Waals surface area contributed by atoms with Gasteiger partial charge in [0.2, 0.25) is 0 Å². The summed E-state index contributed by atoms with van der Waals surface area (Å²) in [6, 6.07) is 17.4. The van der Waals surface area contributed by atoms with Crippen molar-refractivity contribution < 1.29 is 9.53 Å². The average molecular weight is 487 g/mol. The van der Waals surface area contributed by atoms with Crippen molar-refractivity contribution in [1.29, 1.82) is 0 Å². The van der Waals surface area contributed by atoms with E-state index >= 15 is 0 Å². The number of nitrogens with one attached hydrogen (secondary N) is 1. The predicted octanol–water partition coefficient (Wildman–Crippen LogP) is 3.24. The molecule has 1 fully saturated rings. The minimum Gasteiger partial charge on any atom is -0.466 e. The molecule has 0 aliphatic carbocycles. The number of aromatic nitrogens is 5. The van der Waals surface area contributed by atoms with Crippen LogP contribution in [0.25, 0.3) is 10.9 Å². The van der Waals surface area contributed by atoms with Gasteiger partial charge in [-0.05, 0) is 59.7 Å². The highest BCUT2D eigenvalue weighted by Gasteiger charge is 2.35. The van der Waals surface area contributed by atoms with Crippen LogP contribution >= 0.6 is 0 Å². The highest BCUT2D eigenvalue weighted by molar-refractivity contribution is 5.82. The van der Waals surface area contributed by atoms with Crippen LogP contribution in [0, 0.1) is 12.8 Å². The molecule has 1 saturated heterocycles. The average Bonchev–Trinajstić information content (AvgIpc) is 3.34. The van der Waals surface area contributed by atoms with Gasteiger partial charge in [0, 0.05) is 18.7 Å². The number of rotatable bonds is 7. The summed E-state index contributed by atoms with van der Waals surface area (Å²) in [5.41, 5.74) is 3.33. The normalized spacial score (nSPS) is 15.7. The molecule has 5 rings (SSSR count). The lowest BCUT2D eigenvalue weighted by Crippen LogP contribution is -2.42. The molecule has 0 bridgehead atoms. The molecule has 1 aliphatic rings. The number of pyridine rings is 1. The van der Waals surface area contributed by atoms with Crippen LogP contribution in [0.1, 0.15) is 48.3 Å². The molecule has 0 radical (unpaired) electrons. The number of nitrogens with zero attached hydrogens (tertiary/aromatic N) is 5. The Kier molecular flexibility index (Phi) is 6.90. The summed E-state index contributed by atoms with van der Waals surface area (Å²) in [6.07, 6.45) is 1.31. The quantitative estimate of drug-likeness (QED) is 0.400. The number of carbonyl (C=O) groups excluding carboxylic acids is 1. The first kappa shape index (κ1) is 23.9. The van der Waals surface area contributed by atoms with Crippen molar-refractivity contribution in [2.75, 3.05) is 19.7 Å². The standard InChI is InChI=1S/C27H30N6O3/c1-3-36-27(35)20-12-14-32(15-13-20)24(22-16-21-11-7-8-18(2)23(21)28-26(22)34)25-29-30-31-33(25)17-19-9-5-4-6-10-19/h4-11,16,20,24H,3,12-15,17H2,1-2H3,(H,28,34)/t24-/m0/s1. The number of fused-ring (bicyclic) bond motifs is 1. The van der Waals surface area contributed by atoms with Gasteiger partial charge in [0.15, 0.2) is 5.82 Å². The summed E-state index contributed by atoms with van der Waals surface area (Å²) in [6.45, 7) is 5.92. The highest BCUT2D eigenvalue weighted by Crippen LogP contribution is 2.31. The van der Waals surface area contributed by atoms with Gasteiger partial charge < -0.3 is 9.72 Å². The van der Waals surface area contributed by atoms with Gasteiger partial charge in [-0.3, -0.25) is 14.5 Å². The number of benzene rings is 2. The lowest BCUT2D eigenvalue weighted by atomic mass is 9.93. The third-order valence-electron chi connectivity index (χ3n) is 6.91. The Morgan fingerprint density at radius 2 is 1.92 bits per heavy atom. The number of tetrazole rings is 1. The van der Waals surface area contributed by atoms with Crippen LogP contribution in [0.3, 0.4) is 0 Å². The Labute approximate surface area is 209 Å². The summed E-state index contributed by atoms with van der Waals surface area (Å²) >= 11 is 0. The largest absolute Gasteiger partial charge is 0.466 e. The van der Waals surface area contributed by atoms with E-state index < -0.39 is 6.04 Å². The number of aromatic amines is 1. The van der Waals surface area contributed by atoms with Crippen molar-refractivity contribution in [2.24, 2.45) is 5.92 Å². The van der Waals surface area contributed by atoms with Crippen molar-refractivity contribution in [1.82, 2.24) is 30.1 Å². The molecule has 36 heavy (non-hydrogen) atoms. The number of likely N-dealkylation sites (tertiary alicyclic amines) is 1. The van der Waals surface area contributed by atoms with Crippen LogP contribution < -0.4 is 5.56 Å². The van der Waals surface area contributed by atoms with Gasteiger partial charge in [0.1, 0.15) is 6.04 Å². The molecule has 1 N–H and O–H groups in total. The van der Waals surface area contributed by atoms with E-state index in [0.717, 1.165) is 22.0 Å². The maximum Gasteiger partial charge on any atom is 0.309 e. The monoisotopic (exact) mass is 486 g/mol. The molecule has 0 amide bonds. The van der Waals surface area contributed by atoms with E-state index in [0.29, 0.717) is 50.5 Å². The van der Waals surface area contributed by atoms with Crippen LogP contribution in [0.2, 0.25) is 0 Å². The Hall–Kier alpha value is -3.85. The molecule has 2 aromatic heterocycles. The summed E-state index contributed by atoms with van der Waals surface area (Å²) in [4.78, 5) is 31.1. The number of carbonyl (C=O) groups is 1. The molecular formula is C27H30N6O3. The Morgan fingerprint density at radius 3 is 2.67 bits per heavy atom. The fraction of sp³-hybridized carbons (Fsp3) is 0.370. The minimum absolute atomic E-state index is 0.139. The van der Waals surface area contributed by atoms with E-state index in [1.54, 1.807) is 4.68 Å². The van der Waals surface area contributed by atoms with E-state index in [1.165, 1.54) is 0 Å². The minimum atomic E-state index is -0.458. The van der Waals surface area contributed by atoms with Gasteiger partial charge in [-0.25, -0.2) is 4.68 Å². The second-order valence-corrected chi connectivity index (χ2v) is 9.24. The van der Waals surface area contributed by atoms with E-state index in [4.69, 9.17) is 4.74 Å². The van der Waals surface area contributed by atoms with E-state index in [9.17, 15) is 9.59 Å². The topological polar surface area (TPSA) is 106 Å². The highest BCUT2D eigenvalue weighted by atomic mass is 16.5. The number of para-hydroxylation sites is 1. The molecule has 0 unspecified atom stereocenters. The van der Waals surface area contributed by atoms with Gasteiger partial charge in [0.25, 0.3) is 5.56 Å². The number of ether oxygens (including phenoxy) is 1. The number of aryl methyl sites for hydroxylation is 1. The maximum atomic E-state index is 13.5. The van der Waals surface area contributed by atoms with Crippen molar-refractivity contribution in [3.63, 3.8) is 0 Å². The molecule has 3 heterocycles. The van der Waals surface area contributed by atoms with Crippen molar-refractivity contribution in [2.45, 2.75) is 39.3 Å². The van der Waals surface area contributed by atoms with Crippen LogP contribution in [-0.4, -0.2) is 55.8 Å². The second kappa shape index (κ2) is 10.4. The van der Waals surface area contributed by atoms with Crippen molar-refractivity contribution in [3.8, 4) is 0 Å². The molecular weight excluding hydrogens is 456 g/mol. The van der Waals surface area contributed by atoms with E-state index in [1.807, 2.05) is 68.4 Å². The molecule has 0 saturated carbocycles. The summed E-state index contributed by atoms with van der Waals surface area (Å²) in [5.74, 6) is 0.312. The van der Waals surface area contributed by atoms with Gasteiger partial charge >= 0.3 is 5.97 Å². The summed E-state index contributed by atoms with van der Waals surface area (Å²) < 4.78 is 7.01. The first-order valence-electron chi connectivity index (χ1n) is 12.4. The van der Waals surface area contributed by atoms with E-state index in [2.05, 4.69) is 25.4 Å². The van der Waals surface area contributed by atoms with Gasteiger partial charge in [-0.1, -0.05) is 48.5 Å². The third kappa shape index (κ3) is 4.79. The Balaban J connectivity index is 1.55. The number of hydrogen-bond donors (Lipinski definition) is 1. The summed E-state index contributed by atoms with van der Waals surface area (Å²) in [7, 11) is 0. The molecule has 9 nitrogen and oxygen atoms in total. The predicted molar refractivity (Wildman–Crippen MR) is 135 cm³/mol. The maximum absolute atomic E-state index is 13.5. The molecule has 0 spiro atoms. The zero-order chi connectivity index (χ0) is 25.1. The van der Waals surface area contributed by atoms with Gasteiger partial charge in [0.05, 0.1) is 24.6 Å². The second-order valence-electron chi connectivity index (χ2n) is 9.24. The smallest absolute Gasteiger partial charge is 0.309 e. The van der Waals surface area contributed by atoms with Crippen LogP contribution in [0.4, 0.5) is 0 Å². The lowest BCUT2D eigenvalue weighted by Gasteiger charge is -2.36. The number of esters is 1. The number of H-pyrrole nitrogens is 1. The molecule has 1 atom stereocenters. The van der Waals surface area contributed by atoms with Crippen LogP contribution in [0.5, 0.6) is 0 Å². The van der Waals surface area contributed by atoms with Gasteiger partial charge in [-0.15, -0.1) is 5.10 Å². The van der Waals surface area contributed by atoms with E-state index in [-0.39, 0.29) is 17.4 Å². The zero-order valence-corrected chi connectivity index (χ0v) is 20.6.